The van der Waals surface area contributed by atoms with Crippen LogP contribution < -0.4 is 5.73 Å². The van der Waals surface area contributed by atoms with Crippen molar-refractivity contribution in [3.63, 3.8) is 0 Å². The van der Waals surface area contributed by atoms with Crippen LogP contribution in [0.25, 0.3) is 0 Å². The molecule has 17 heavy (non-hydrogen) atoms. The molecule has 4 N–H and O–H groups in total. The number of aliphatic hydroxyl groups excluding tert-OH is 2. The molecule has 0 aliphatic heterocycles. The molecule has 0 heterocycles. The SMILES string of the molecule is CC1CCC(CN)(CN(CCO)CCO)CC1. The van der Waals surface area contributed by atoms with Crippen molar-refractivity contribution >= 4 is 0 Å². The Morgan fingerprint density at radius 1 is 1.18 bits per heavy atom. The minimum absolute atomic E-state index is 0.150. The Balaban J connectivity index is 2.53. The lowest BCUT2D eigenvalue weighted by molar-refractivity contribution is 0.0720. The predicted octanol–water partition coefficient (Wildman–Crippen LogP) is 0.428. The Hall–Kier alpha value is -0.160. The van der Waals surface area contributed by atoms with Crippen molar-refractivity contribution in [2.45, 2.75) is 32.6 Å². The zero-order valence-electron chi connectivity index (χ0n) is 11.1. The fourth-order valence-corrected chi connectivity index (χ4v) is 2.83. The molecule has 0 amide bonds. The molecule has 1 fully saturated rings. The average Bonchev–Trinajstić information content (AvgIpc) is 2.33. The lowest BCUT2D eigenvalue weighted by Crippen LogP contribution is -2.46. The average molecular weight is 244 g/mol. The van der Waals surface area contributed by atoms with Crippen molar-refractivity contribution in [1.29, 1.82) is 0 Å². The molecule has 0 aromatic carbocycles. The van der Waals surface area contributed by atoms with Crippen molar-refractivity contribution in [3.8, 4) is 0 Å². The summed E-state index contributed by atoms with van der Waals surface area (Å²) in [5, 5.41) is 18.1. The van der Waals surface area contributed by atoms with E-state index in [4.69, 9.17) is 15.9 Å². The van der Waals surface area contributed by atoms with E-state index in [-0.39, 0.29) is 18.6 Å². The summed E-state index contributed by atoms with van der Waals surface area (Å²) in [6, 6.07) is 0. The summed E-state index contributed by atoms with van der Waals surface area (Å²) in [6.07, 6.45) is 4.86. The Labute approximate surface area is 105 Å². The number of nitrogens with zero attached hydrogens (tertiary/aromatic N) is 1. The maximum atomic E-state index is 9.04. The van der Waals surface area contributed by atoms with Crippen molar-refractivity contribution < 1.29 is 10.2 Å². The summed E-state index contributed by atoms with van der Waals surface area (Å²) >= 11 is 0. The van der Waals surface area contributed by atoms with Crippen LogP contribution in [0.1, 0.15) is 32.6 Å². The summed E-state index contributed by atoms with van der Waals surface area (Å²) in [5.74, 6) is 0.818. The molecular formula is C13H28N2O2. The minimum Gasteiger partial charge on any atom is -0.395 e. The van der Waals surface area contributed by atoms with E-state index < -0.39 is 0 Å². The Morgan fingerprint density at radius 2 is 1.71 bits per heavy atom. The topological polar surface area (TPSA) is 69.7 Å². The molecule has 0 saturated heterocycles. The van der Waals surface area contributed by atoms with Gasteiger partial charge < -0.3 is 15.9 Å². The van der Waals surface area contributed by atoms with Gasteiger partial charge in [-0.05, 0) is 30.7 Å². The third-order valence-corrected chi connectivity index (χ3v) is 4.16. The maximum absolute atomic E-state index is 9.04. The van der Waals surface area contributed by atoms with Crippen LogP contribution in [-0.4, -0.2) is 54.5 Å². The zero-order valence-corrected chi connectivity index (χ0v) is 11.1. The van der Waals surface area contributed by atoms with Crippen molar-refractivity contribution in [2.24, 2.45) is 17.1 Å². The second-order valence-corrected chi connectivity index (χ2v) is 5.61. The van der Waals surface area contributed by atoms with Crippen LogP contribution in [0.5, 0.6) is 0 Å². The fraction of sp³-hybridized carbons (Fsp3) is 1.00. The number of aliphatic hydroxyl groups is 2. The highest BCUT2D eigenvalue weighted by atomic mass is 16.3. The monoisotopic (exact) mass is 244 g/mol. The van der Waals surface area contributed by atoms with Gasteiger partial charge in [0.25, 0.3) is 0 Å². The quantitative estimate of drug-likeness (QED) is 0.607. The summed E-state index contributed by atoms with van der Waals surface area (Å²) in [6.45, 7) is 5.51. The van der Waals surface area contributed by atoms with E-state index in [1.54, 1.807) is 0 Å². The number of nitrogens with two attached hydrogens (primary N) is 1. The van der Waals surface area contributed by atoms with Gasteiger partial charge in [-0.2, -0.15) is 0 Å². The van der Waals surface area contributed by atoms with Crippen LogP contribution >= 0.6 is 0 Å². The van der Waals surface area contributed by atoms with E-state index in [1.165, 1.54) is 25.7 Å². The normalized spacial score (nSPS) is 29.8. The van der Waals surface area contributed by atoms with Crippen LogP contribution in [0.4, 0.5) is 0 Å². The summed E-state index contributed by atoms with van der Waals surface area (Å²) in [4.78, 5) is 2.14. The fourth-order valence-electron chi connectivity index (χ4n) is 2.83. The molecule has 4 nitrogen and oxygen atoms in total. The number of rotatable bonds is 7. The Kier molecular flexibility index (Phi) is 6.41. The molecule has 0 radical (unpaired) electrons. The van der Waals surface area contributed by atoms with E-state index in [1.807, 2.05) is 0 Å². The Bertz CT molecular complexity index is 198. The molecular weight excluding hydrogens is 216 g/mol. The predicted molar refractivity (Wildman–Crippen MR) is 69.7 cm³/mol. The number of hydrogen-bond donors (Lipinski definition) is 3. The van der Waals surface area contributed by atoms with Crippen LogP contribution in [0.3, 0.4) is 0 Å². The first-order valence-corrected chi connectivity index (χ1v) is 6.80. The van der Waals surface area contributed by atoms with Gasteiger partial charge in [0.05, 0.1) is 13.2 Å². The first-order chi connectivity index (χ1) is 8.15. The standard InChI is InChI=1S/C13H28N2O2/c1-12-2-4-13(10-14,5-3-12)11-15(6-8-16)7-9-17/h12,16-17H,2-11,14H2,1H3. The lowest BCUT2D eigenvalue weighted by atomic mass is 9.70. The number of hydrogen-bond acceptors (Lipinski definition) is 4. The largest absolute Gasteiger partial charge is 0.395 e. The second-order valence-electron chi connectivity index (χ2n) is 5.61. The van der Waals surface area contributed by atoms with Gasteiger partial charge in [0.1, 0.15) is 0 Å². The molecule has 1 saturated carbocycles. The van der Waals surface area contributed by atoms with Gasteiger partial charge in [-0.25, -0.2) is 0 Å². The van der Waals surface area contributed by atoms with E-state index >= 15 is 0 Å². The van der Waals surface area contributed by atoms with Crippen LogP contribution in [-0.2, 0) is 0 Å². The molecule has 0 spiro atoms. The van der Waals surface area contributed by atoms with Gasteiger partial charge >= 0.3 is 0 Å². The van der Waals surface area contributed by atoms with Crippen molar-refractivity contribution in [3.05, 3.63) is 0 Å². The van der Waals surface area contributed by atoms with Gasteiger partial charge in [-0.15, -0.1) is 0 Å². The van der Waals surface area contributed by atoms with Crippen LogP contribution in [0, 0.1) is 11.3 Å². The first-order valence-electron chi connectivity index (χ1n) is 6.80. The molecule has 1 aliphatic rings. The molecule has 0 aromatic heterocycles. The smallest absolute Gasteiger partial charge is 0.0558 e. The zero-order chi connectivity index (χ0) is 12.7. The van der Waals surface area contributed by atoms with Gasteiger partial charge in [0, 0.05) is 19.6 Å². The molecule has 0 atom stereocenters. The second kappa shape index (κ2) is 7.31. The molecule has 0 aromatic rings. The van der Waals surface area contributed by atoms with Crippen molar-refractivity contribution in [1.82, 2.24) is 4.90 Å². The maximum Gasteiger partial charge on any atom is 0.0558 e. The van der Waals surface area contributed by atoms with Gasteiger partial charge in [0.15, 0.2) is 0 Å². The molecule has 1 aliphatic carbocycles. The van der Waals surface area contributed by atoms with Crippen LogP contribution in [0.15, 0.2) is 0 Å². The molecule has 102 valence electrons. The van der Waals surface area contributed by atoms with Crippen LogP contribution in [0.2, 0.25) is 0 Å². The molecule has 0 bridgehead atoms. The third-order valence-electron chi connectivity index (χ3n) is 4.16. The molecule has 0 unspecified atom stereocenters. The van der Waals surface area contributed by atoms with E-state index in [0.29, 0.717) is 19.6 Å². The first kappa shape index (κ1) is 14.9. The van der Waals surface area contributed by atoms with Gasteiger partial charge in [0.2, 0.25) is 0 Å². The highest BCUT2D eigenvalue weighted by molar-refractivity contribution is 4.88. The van der Waals surface area contributed by atoms with Gasteiger partial charge in [-0.1, -0.05) is 19.8 Å². The summed E-state index contributed by atoms with van der Waals surface area (Å²) in [7, 11) is 0. The highest BCUT2D eigenvalue weighted by Crippen LogP contribution is 2.38. The minimum atomic E-state index is 0.150. The molecule has 4 heteroatoms. The van der Waals surface area contributed by atoms with Gasteiger partial charge in [-0.3, -0.25) is 4.90 Å². The van der Waals surface area contributed by atoms with E-state index in [2.05, 4.69) is 11.8 Å². The highest BCUT2D eigenvalue weighted by Gasteiger charge is 2.34. The van der Waals surface area contributed by atoms with Crippen molar-refractivity contribution in [2.75, 3.05) is 39.4 Å². The summed E-state index contributed by atoms with van der Waals surface area (Å²) < 4.78 is 0. The molecule has 1 rings (SSSR count). The summed E-state index contributed by atoms with van der Waals surface area (Å²) in [5.41, 5.74) is 6.18. The lowest BCUT2D eigenvalue weighted by Gasteiger charge is -2.42. The van der Waals surface area contributed by atoms with E-state index in [0.717, 1.165) is 12.5 Å². The third kappa shape index (κ3) is 4.54. The van der Waals surface area contributed by atoms with E-state index in [9.17, 15) is 0 Å². The Morgan fingerprint density at radius 3 is 2.12 bits per heavy atom.